The van der Waals surface area contributed by atoms with Crippen molar-refractivity contribution in [3.8, 4) is 5.75 Å². The normalized spacial score (nSPS) is 19.2. The van der Waals surface area contributed by atoms with Crippen molar-refractivity contribution < 1.29 is 9.90 Å². The van der Waals surface area contributed by atoms with E-state index in [4.69, 9.17) is 0 Å². The maximum Gasteiger partial charge on any atom is 0.226 e. The molecule has 0 spiro atoms. The standard InChI is InChI=1S/C13H18N2O2/c1-9-4-5-12(16)11(7-9)15-13(17)8-10-3-2-6-14-10/h4-5,7,10,14,16H,2-3,6,8H2,1H3,(H,15,17). The molecule has 0 bridgehead atoms. The first-order valence-corrected chi connectivity index (χ1v) is 5.98. The van der Waals surface area contributed by atoms with Crippen LogP contribution in [-0.2, 0) is 4.79 Å². The third kappa shape index (κ3) is 3.20. The average Bonchev–Trinajstić information content (AvgIpc) is 2.76. The van der Waals surface area contributed by atoms with Crippen LogP contribution in [0.5, 0.6) is 5.75 Å². The first-order chi connectivity index (χ1) is 8.15. The van der Waals surface area contributed by atoms with Crippen molar-refractivity contribution in [3.05, 3.63) is 23.8 Å². The number of aromatic hydroxyl groups is 1. The smallest absolute Gasteiger partial charge is 0.226 e. The van der Waals surface area contributed by atoms with E-state index in [1.165, 1.54) is 0 Å². The predicted octanol–water partition coefficient (Wildman–Crippen LogP) is 1.78. The second-order valence-corrected chi connectivity index (χ2v) is 4.57. The molecular formula is C13H18N2O2. The first kappa shape index (κ1) is 11.9. The summed E-state index contributed by atoms with van der Waals surface area (Å²) >= 11 is 0. The van der Waals surface area contributed by atoms with Crippen molar-refractivity contribution in [3.63, 3.8) is 0 Å². The van der Waals surface area contributed by atoms with Crippen LogP contribution in [0.25, 0.3) is 0 Å². The van der Waals surface area contributed by atoms with E-state index < -0.39 is 0 Å². The van der Waals surface area contributed by atoms with Gasteiger partial charge in [-0.3, -0.25) is 4.79 Å². The van der Waals surface area contributed by atoms with Crippen molar-refractivity contribution in [2.45, 2.75) is 32.2 Å². The number of rotatable bonds is 3. The SMILES string of the molecule is Cc1ccc(O)c(NC(=O)CC2CCCN2)c1. The van der Waals surface area contributed by atoms with Gasteiger partial charge in [0.05, 0.1) is 5.69 Å². The van der Waals surface area contributed by atoms with Gasteiger partial charge < -0.3 is 15.7 Å². The zero-order valence-corrected chi connectivity index (χ0v) is 9.99. The van der Waals surface area contributed by atoms with Crippen molar-refractivity contribution >= 4 is 11.6 Å². The Labute approximate surface area is 101 Å². The highest BCUT2D eigenvalue weighted by Gasteiger charge is 2.18. The number of anilines is 1. The van der Waals surface area contributed by atoms with E-state index in [-0.39, 0.29) is 17.7 Å². The number of benzene rings is 1. The summed E-state index contributed by atoms with van der Waals surface area (Å²) in [4.78, 5) is 11.8. The fourth-order valence-electron chi connectivity index (χ4n) is 2.11. The number of nitrogens with one attached hydrogen (secondary N) is 2. The van der Waals surface area contributed by atoms with E-state index in [1.54, 1.807) is 12.1 Å². The number of amides is 1. The van der Waals surface area contributed by atoms with Crippen LogP contribution in [0.3, 0.4) is 0 Å². The molecule has 3 N–H and O–H groups in total. The number of aryl methyl sites for hydroxylation is 1. The molecule has 92 valence electrons. The van der Waals surface area contributed by atoms with Crippen molar-refractivity contribution in [1.29, 1.82) is 0 Å². The molecule has 1 amide bonds. The Bertz CT molecular complexity index is 412. The van der Waals surface area contributed by atoms with E-state index in [2.05, 4.69) is 10.6 Å². The highest BCUT2D eigenvalue weighted by Crippen LogP contribution is 2.24. The van der Waals surface area contributed by atoms with Gasteiger partial charge in [-0.1, -0.05) is 6.07 Å². The molecule has 1 aromatic rings. The van der Waals surface area contributed by atoms with Crippen LogP contribution < -0.4 is 10.6 Å². The summed E-state index contributed by atoms with van der Waals surface area (Å²) in [5.74, 6) is 0.0635. The minimum atomic E-state index is -0.0506. The van der Waals surface area contributed by atoms with Crippen LogP contribution in [0.15, 0.2) is 18.2 Å². The molecule has 0 aromatic heterocycles. The van der Waals surface area contributed by atoms with Gasteiger partial charge in [-0.05, 0) is 44.0 Å². The molecule has 1 aliphatic heterocycles. The molecule has 2 rings (SSSR count). The summed E-state index contributed by atoms with van der Waals surface area (Å²) in [5, 5.41) is 15.6. The van der Waals surface area contributed by atoms with E-state index in [9.17, 15) is 9.90 Å². The van der Waals surface area contributed by atoms with Crippen molar-refractivity contribution in [2.75, 3.05) is 11.9 Å². The van der Waals surface area contributed by atoms with Gasteiger partial charge in [-0.25, -0.2) is 0 Å². The number of hydrogen-bond acceptors (Lipinski definition) is 3. The minimum Gasteiger partial charge on any atom is -0.506 e. The maximum atomic E-state index is 11.8. The van der Waals surface area contributed by atoms with E-state index in [0.29, 0.717) is 12.1 Å². The van der Waals surface area contributed by atoms with Gasteiger partial charge in [0.15, 0.2) is 0 Å². The second-order valence-electron chi connectivity index (χ2n) is 4.57. The van der Waals surface area contributed by atoms with Crippen molar-refractivity contribution in [2.24, 2.45) is 0 Å². The quantitative estimate of drug-likeness (QED) is 0.699. The third-order valence-corrected chi connectivity index (χ3v) is 3.02. The van der Waals surface area contributed by atoms with Gasteiger partial charge in [-0.15, -0.1) is 0 Å². The van der Waals surface area contributed by atoms with Crippen LogP contribution in [-0.4, -0.2) is 23.6 Å². The van der Waals surface area contributed by atoms with Gasteiger partial charge in [-0.2, -0.15) is 0 Å². The molecule has 17 heavy (non-hydrogen) atoms. The Morgan fingerprint density at radius 1 is 1.59 bits per heavy atom. The Kier molecular flexibility index (Phi) is 3.64. The summed E-state index contributed by atoms with van der Waals surface area (Å²) in [5.41, 5.74) is 1.50. The summed E-state index contributed by atoms with van der Waals surface area (Å²) in [6.07, 6.45) is 2.65. The second kappa shape index (κ2) is 5.19. The lowest BCUT2D eigenvalue weighted by Crippen LogP contribution is -2.27. The number of phenols is 1. The molecule has 1 unspecified atom stereocenters. The maximum absolute atomic E-state index is 11.8. The van der Waals surface area contributed by atoms with Gasteiger partial charge in [0.2, 0.25) is 5.91 Å². The number of carbonyl (C=O) groups excluding carboxylic acids is 1. The molecule has 1 atom stereocenters. The Hall–Kier alpha value is -1.55. The first-order valence-electron chi connectivity index (χ1n) is 5.98. The van der Waals surface area contributed by atoms with Gasteiger partial charge in [0.25, 0.3) is 0 Å². The van der Waals surface area contributed by atoms with Crippen molar-refractivity contribution in [1.82, 2.24) is 5.32 Å². The Balaban J connectivity index is 1.95. The fourth-order valence-corrected chi connectivity index (χ4v) is 2.11. The van der Waals surface area contributed by atoms with Crippen LogP contribution in [0.1, 0.15) is 24.8 Å². The molecule has 1 saturated heterocycles. The summed E-state index contributed by atoms with van der Waals surface area (Å²) in [6, 6.07) is 5.46. The molecule has 0 saturated carbocycles. The topological polar surface area (TPSA) is 61.4 Å². The lowest BCUT2D eigenvalue weighted by Gasteiger charge is -2.11. The Morgan fingerprint density at radius 2 is 2.41 bits per heavy atom. The molecule has 1 heterocycles. The number of carbonyl (C=O) groups is 1. The molecule has 0 aliphatic carbocycles. The molecule has 1 fully saturated rings. The molecule has 1 aromatic carbocycles. The van der Waals surface area contributed by atoms with E-state index in [0.717, 1.165) is 24.9 Å². The molecule has 1 aliphatic rings. The lowest BCUT2D eigenvalue weighted by atomic mass is 10.1. The molecular weight excluding hydrogens is 216 g/mol. The average molecular weight is 234 g/mol. The number of phenolic OH excluding ortho intramolecular Hbond substituents is 1. The lowest BCUT2D eigenvalue weighted by molar-refractivity contribution is -0.116. The highest BCUT2D eigenvalue weighted by molar-refractivity contribution is 5.92. The van der Waals surface area contributed by atoms with Gasteiger partial charge >= 0.3 is 0 Å². The van der Waals surface area contributed by atoms with Gasteiger partial charge in [0, 0.05) is 12.5 Å². The van der Waals surface area contributed by atoms with Crippen LogP contribution in [0.4, 0.5) is 5.69 Å². The Morgan fingerprint density at radius 3 is 3.12 bits per heavy atom. The van der Waals surface area contributed by atoms with Crippen LogP contribution in [0.2, 0.25) is 0 Å². The molecule has 4 nitrogen and oxygen atoms in total. The predicted molar refractivity (Wildman–Crippen MR) is 67.1 cm³/mol. The van der Waals surface area contributed by atoms with Gasteiger partial charge in [0.1, 0.15) is 5.75 Å². The zero-order chi connectivity index (χ0) is 12.3. The largest absolute Gasteiger partial charge is 0.506 e. The van der Waals surface area contributed by atoms with Crippen LogP contribution >= 0.6 is 0 Å². The molecule has 4 heteroatoms. The molecule has 0 radical (unpaired) electrons. The van der Waals surface area contributed by atoms with E-state index >= 15 is 0 Å². The summed E-state index contributed by atoms with van der Waals surface area (Å²) in [7, 11) is 0. The summed E-state index contributed by atoms with van der Waals surface area (Å²) in [6.45, 7) is 2.92. The zero-order valence-electron chi connectivity index (χ0n) is 9.99. The number of hydrogen-bond donors (Lipinski definition) is 3. The van der Waals surface area contributed by atoms with E-state index in [1.807, 2.05) is 13.0 Å². The van der Waals surface area contributed by atoms with Crippen LogP contribution in [0, 0.1) is 6.92 Å². The summed E-state index contributed by atoms with van der Waals surface area (Å²) < 4.78 is 0. The third-order valence-electron chi connectivity index (χ3n) is 3.02. The minimum absolute atomic E-state index is 0.0506. The highest BCUT2D eigenvalue weighted by atomic mass is 16.3. The fraction of sp³-hybridized carbons (Fsp3) is 0.462. The monoisotopic (exact) mass is 234 g/mol.